The molecule has 0 amide bonds. The van der Waals surface area contributed by atoms with Crippen molar-refractivity contribution in [2.75, 3.05) is 6.61 Å². The number of aromatic nitrogens is 1. The first kappa shape index (κ1) is 12.5. The van der Waals surface area contributed by atoms with Crippen molar-refractivity contribution in [3.8, 4) is 6.07 Å². The number of aliphatic hydroxyl groups excluding tert-OH is 1. The molecular formula is C12H16N2O2. The maximum absolute atomic E-state index is 11.9. The van der Waals surface area contributed by atoms with Crippen molar-refractivity contribution in [1.29, 1.82) is 5.26 Å². The van der Waals surface area contributed by atoms with Crippen LogP contribution in [0.4, 0.5) is 0 Å². The molecule has 0 bridgehead atoms. The van der Waals surface area contributed by atoms with Gasteiger partial charge in [-0.1, -0.05) is 13.8 Å². The molecule has 4 nitrogen and oxygen atoms in total. The number of hydrogen-bond donors (Lipinski definition) is 1. The number of nitrogens with zero attached hydrogens (tertiary/aromatic N) is 2. The van der Waals surface area contributed by atoms with Gasteiger partial charge in [0.25, 0.3) is 5.56 Å². The fraction of sp³-hybridized carbons (Fsp3) is 0.500. The maximum atomic E-state index is 11.9. The van der Waals surface area contributed by atoms with E-state index in [-0.39, 0.29) is 23.6 Å². The molecule has 0 unspecified atom stereocenters. The van der Waals surface area contributed by atoms with Crippen LogP contribution in [0.2, 0.25) is 0 Å². The zero-order valence-electron chi connectivity index (χ0n) is 9.60. The fourth-order valence-electron chi connectivity index (χ4n) is 1.64. The Morgan fingerprint density at radius 3 is 2.69 bits per heavy atom. The molecule has 0 aromatic carbocycles. The highest BCUT2D eigenvalue weighted by Crippen LogP contribution is 2.13. The maximum Gasteiger partial charge on any atom is 0.268 e. The second-order valence-electron chi connectivity index (χ2n) is 3.97. The van der Waals surface area contributed by atoms with E-state index in [4.69, 9.17) is 10.4 Å². The van der Waals surface area contributed by atoms with Gasteiger partial charge in [0, 0.05) is 18.8 Å². The van der Waals surface area contributed by atoms with Crippen LogP contribution in [0.1, 0.15) is 37.4 Å². The number of aliphatic hydroxyl groups is 1. The van der Waals surface area contributed by atoms with Gasteiger partial charge < -0.3 is 9.67 Å². The number of hydrogen-bond acceptors (Lipinski definition) is 3. The molecule has 0 aliphatic rings. The first-order valence-corrected chi connectivity index (χ1v) is 5.36. The molecule has 1 aromatic heterocycles. The third-order valence-electron chi connectivity index (χ3n) is 2.46. The first-order chi connectivity index (χ1) is 7.61. The summed E-state index contributed by atoms with van der Waals surface area (Å²) < 4.78 is 1.58. The van der Waals surface area contributed by atoms with Gasteiger partial charge in [-0.05, 0) is 24.5 Å². The smallest absolute Gasteiger partial charge is 0.268 e. The predicted octanol–water partition coefficient (Wildman–Crippen LogP) is 1.23. The van der Waals surface area contributed by atoms with E-state index in [9.17, 15) is 4.79 Å². The van der Waals surface area contributed by atoms with E-state index in [0.29, 0.717) is 13.0 Å². The van der Waals surface area contributed by atoms with Gasteiger partial charge >= 0.3 is 0 Å². The van der Waals surface area contributed by atoms with Crippen LogP contribution < -0.4 is 5.56 Å². The quantitative estimate of drug-likeness (QED) is 0.829. The number of pyridine rings is 1. The fourth-order valence-corrected chi connectivity index (χ4v) is 1.64. The van der Waals surface area contributed by atoms with Crippen LogP contribution >= 0.6 is 0 Å². The van der Waals surface area contributed by atoms with Crippen molar-refractivity contribution in [2.45, 2.75) is 32.7 Å². The van der Waals surface area contributed by atoms with Crippen LogP contribution in [-0.2, 0) is 6.54 Å². The van der Waals surface area contributed by atoms with Gasteiger partial charge in [-0.15, -0.1) is 0 Å². The summed E-state index contributed by atoms with van der Waals surface area (Å²) in [4.78, 5) is 11.9. The van der Waals surface area contributed by atoms with E-state index in [2.05, 4.69) is 0 Å². The molecule has 86 valence electrons. The molecule has 0 aliphatic heterocycles. The Kier molecular flexibility index (Phi) is 4.27. The molecule has 0 radical (unpaired) electrons. The minimum Gasteiger partial charge on any atom is -0.396 e. The van der Waals surface area contributed by atoms with Crippen LogP contribution in [0.15, 0.2) is 16.9 Å². The van der Waals surface area contributed by atoms with Crippen molar-refractivity contribution < 1.29 is 5.11 Å². The summed E-state index contributed by atoms with van der Waals surface area (Å²) in [5, 5.41) is 17.6. The summed E-state index contributed by atoms with van der Waals surface area (Å²) in [6.07, 6.45) is 0.522. The van der Waals surface area contributed by atoms with Crippen LogP contribution in [0.3, 0.4) is 0 Å². The third-order valence-corrected chi connectivity index (χ3v) is 2.46. The minimum absolute atomic E-state index is 0.0424. The monoisotopic (exact) mass is 220 g/mol. The highest BCUT2D eigenvalue weighted by Gasteiger charge is 2.10. The standard InChI is InChI=1S/C12H16N2O2/c1-9(2)11-5-4-10(8-13)12(16)14(11)6-3-7-15/h4-5,9,15H,3,6-7H2,1-2H3. The summed E-state index contributed by atoms with van der Waals surface area (Å²) in [7, 11) is 0. The van der Waals surface area contributed by atoms with E-state index < -0.39 is 0 Å². The predicted molar refractivity (Wildman–Crippen MR) is 61.2 cm³/mol. The van der Waals surface area contributed by atoms with E-state index in [1.807, 2.05) is 26.0 Å². The summed E-state index contributed by atoms with van der Waals surface area (Å²) in [6, 6.07) is 5.25. The van der Waals surface area contributed by atoms with Gasteiger partial charge in [-0.25, -0.2) is 0 Å². The molecule has 0 aliphatic carbocycles. The average molecular weight is 220 g/mol. The summed E-state index contributed by atoms with van der Waals surface area (Å²) in [5.74, 6) is 0.221. The van der Waals surface area contributed by atoms with E-state index in [0.717, 1.165) is 5.69 Å². The highest BCUT2D eigenvalue weighted by atomic mass is 16.3. The lowest BCUT2D eigenvalue weighted by Gasteiger charge is -2.15. The molecule has 4 heteroatoms. The molecule has 0 spiro atoms. The second kappa shape index (κ2) is 5.47. The number of nitriles is 1. The Labute approximate surface area is 94.8 Å². The van der Waals surface area contributed by atoms with Crippen LogP contribution in [0.5, 0.6) is 0 Å². The molecule has 16 heavy (non-hydrogen) atoms. The minimum atomic E-state index is -0.262. The molecule has 0 fully saturated rings. The Morgan fingerprint density at radius 1 is 1.50 bits per heavy atom. The second-order valence-corrected chi connectivity index (χ2v) is 3.97. The van der Waals surface area contributed by atoms with Crippen molar-refractivity contribution in [2.24, 2.45) is 0 Å². The molecule has 0 saturated heterocycles. The molecule has 1 rings (SSSR count). The van der Waals surface area contributed by atoms with Gasteiger partial charge in [-0.3, -0.25) is 4.79 Å². The van der Waals surface area contributed by atoms with Crippen LogP contribution in [0, 0.1) is 11.3 Å². The normalized spacial score (nSPS) is 10.4. The van der Waals surface area contributed by atoms with Crippen molar-refractivity contribution in [3.05, 3.63) is 33.7 Å². The molecule has 1 N–H and O–H groups in total. The van der Waals surface area contributed by atoms with Gasteiger partial charge in [-0.2, -0.15) is 5.26 Å². The van der Waals surface area contributed by atoms with Crippen molar-refractivity contribution >= 4 is 0 Å². The Balaban J connectivity index is 3.27. The first-order valence-electron chi connectivity index (χ1n) is 5.36. The van der Waals surface area contributed by atoms with Gasteiger partial charge in [0.1, 0.15) is 11.6 Å². The van der Waals surface area contributed by atoms with E-state index in [1.54, 1.807) is 10.6 Å². The SMILES string of the molecule is CC(C)c1ccc(C#N)c(=O)n1CCCO. The molecule has 1 aromatic rings. The van der Waals surface area contributed by atoms with Crippen LogP contribution in [-0.4, -0.2) is 16.3 Å². The van der Waals surface area contributed by atoms with Crippen molar-refractivity contribution in [3.63, 3.8) is 0 Å². The largest absolute Gasteiger partial charge is 0.396 e. The van der Waals surface area contributed by atoms with Gasteiger partial charge in [0.15, 0.2) is 0 Å². The Morgan fingerprint density at radius 2 is 2.19 bits per heavy atom. The zero-order valence-corrected chi connectivity index (χ0v) is 9.60. The van der Waals surface area contributed by atoms with Crippen molar-refractivity contribution in [1.82, 2.24) is 4.57 Å². The molecular weight excluding hydrogens is 204 g/mol. The van der Waals surface area contributed by atoms with Gasteiger partial charge in [0.05, 0.1) is 0 Å². The summed E-state index contributed by atoms with van der Waals surface area (Å²) in [5.41, 5.74) is 0.793. The van der Waals surface area contributed by atoms with E-state index >= 15 is 0 Å². The lowest BCUT2D eigenvalue weighted by atomic mass is 10.1. The topological polar surface area (TPSA) is 66.0 Å². The lowest BCUT2D eigenvalue weighted by molar-refractivity contribution is 0.278. The lowest BCUT2D eigenvalue weighted by Crippen LogP contribution is -2.26. The molecule has 0 atom stereocenters. The zero-order chi connectivity index (χ0) is 12.1. The van der Waals surface area contributed by atoms with Crippen LogP contribution in [0.25, 0.3) is 0 Å². The Bertz CT molecular complexity index is 455. The average Bonchev–Trinajstić information content (AvgIpc) is 2.26. The summed E-state index contributed by atoms with van der Waals surface area (Å²) in [6.45, 7) is 4.49. The Hall–Kier alpha value is -1.60. The van der Waals surface area contributed by atoms with Gasteiger partial charge in [0.2, 0.25) is 0 Å². The summed E-state index contributed by atoms with van der Waals surface area (Å²) >= 11 is 0. The molecule has 1 heterocycles. The number of rotatable bonds is 4. The van der Waals surface area contributed by atoms with E-state index in [1.165, 1.54) is 0 Å². The molecule has 0 saturated carbocycles. The third kappa shape index (κ3) is 2.50. The highest BCUT2D eigenvalue weighted by molar-refractivity contribution is 5.28.